The van der Waals surface area contributed by atoms with Gasteiger partial charge in [-0.1, -0.05) is 18.2 Å². The highest BCUT2D eigenvalue weighted by molar-refractivity contribution is 5.36. The van der Waals surface area contributed by atoms with Gasteiger partial charge in [-0.3, -0.25) is 0 Å². The second-order valence-corrected chi connectivity index (χ2v) is 5.16. The van der Waals surface area contributed by atoms with E-state index < -0.39 is 6.10 Å². The van der Waals surface area contributed by atoms with E-state index in [0.29, 0.717) is 13.0 Å². The molecule has 1 heterocycles. The summed E-state index contributed by atoms with van der Waals surface area (Å²) >= 11 is 0. The van der Waals surface area contributed by atoms with Crippen LogP contribution in [0.4, 0.5) is 5.82 Å². The predicted octanol–water partition coefficient (Wildman–Crippen LogP) is 2.68. The number of hydrogen-bond acceptors (Lipinski definition) is 5. The highest BCUT2D eigenvalue weighted by Gasteiger charge is 2.07. The molecular formula is C18H21N3O2. The standard InChI is InChI=1S/C18H21N3O2/c1-21(18-5-3-4-10-20-18)11-12-23-16-8-6-15(7-9-16)13-17(14-19)22-2/h3-10,17H,11-13H2,1-2H3. The number of hydrogen-bond donors (Lipinski definition) is 0. The maximum absolute atomic E-state index is 8.89. The lowest BCUT2D eigenvalue weighted by atomic mass is 10.1. The fourth-order valence-electron chi connectivity index (χ4n) is 2.11. The van der Waals surface area contributed by atoms with E-state index in [2.05, 4.69) is 11.1 Å². The van der Waals surface area contributed by atoms with E-state index in [4.69, 9.17) is 14.7 Å². The molecule has 23 heavy (non-hydrogen) atoms. The number of aromatic nitrogens is 1. The Morgan fingerprint density at radius 2 is 2.00 bits per heavy atom. The van der Waals surface area contributed by atoms with Crippen LogP contribution in [0.3, 0.4) is 0 Å². The molecule has 1 unspecified atom stereocenters. The monoisotopic (exact) mass is 311 g/mol. The summed E-state index contributed by atoms with van der Waals surface area (Å²) in [6.07, 6.45) is 1.95. The summed E-state index contributed by atoms with van der Waals surface area (Å²) in [7, 11) is 3.53. The van der Waals surface area contributed by atoms with Crippen molar-refractivity contribution in [2.75, 3.05) is 32.2 Å². The molecule has 0 fully saturated rings. The molecule has 1 aromatic heterocycles. The molecule has 0 saturated carbocycles. The van der Waals surface area contributed by atoms with Gasteiger partial charge in [0.1, 0.15) is 24.3 Å². The zero-order valence-electron chi connectivity index (χ0n) is 13.5. The van der Waals surface area contributed by atoms with Crippen molar-refractivity contribution in [1.29, 1.82) is 5.26 Å². The molecule has 0 aliphatic carbocycles. The van der Waals surface area contributed by atoms with Crippen molar-refractivity contribution in [2.45, 2.75) is 12.5 Å². The Morgan fingerprint density at radius 1 is 1.22 bits per heavy atom. The van der Waals surface area contributed by atoms with Crippen LogP contribution in [0.1, 0.15) is 5.56 Å². The Balaban J connectivity index is 1.79. The van der Waals surface area contributed by atoms with E-state index in [9.17, 15) is 0 Å². The number of pyridine rings is 1. The third-order valence-electron chi connectivity index (χ3n) is 3.51. The van der Waals surface area contributed by atoms with Gasteiger partial charge in [-0.05, 0) is 29.8 Å². The van der Waals surface area contributed by atoms with Crippen LogP contribution < -0.4 is 9.64 Å². The van der Waals surface area contributed by atoms with Crippen molar-refractivity contribution in [1.82, 2.24) is 4.98 Å². The number of likely N-dealkylation sites (N-methyl/N-ethyl adjacent to an activating group) is 1. The van der Waals surface area contributed by atoms with E-state index in [0.717, 1.165) is 23.7 Å². The van der Waals surface area contributed by atoms with Gasteiger partial charge in [0, 0.05) is 26.8 Å². The van der Waals surface area contributed by atoms with Crippen molar-refractivity contribution in [2.24, 2.45) is 0 Å². The van der Waals surface area contributed by atoms with Crippen LogP contribution >= 0.6 is 0 Å². The number of ether oxygens (including phenoxy) is 2. The molecule has 0 saturated heterocycles. The summed E-state index contributed by atoms with van der Waals surface area (Å²) in [6.45, 7) is 1.32. The maximum Gasteiger partial charge on any atom is 0.147 e. The lowest BCUT2D eigenvalue weighted by molar-refractivity contribution is 0.147. The molecule has 1 aromatic carbocycles. The minimum absolute atomic E-state index is 0.409. The Labute approximate surface area is 137 Å². The van der Waals surface area contributed by atoms with E-state index >= 15 is 0 Å². The quantitative estimate of drug-likeness (QED) is 0.750. The van der Waals surface area contributed by atoms with E-state index in [-0.39, 0.29) is 0 Å². The minimum Gasteiger partial charge on any atom is -0.492 e. The highest BCUT2D eigenvalue weighted by atomic mass is 16.5. The van der Waals surface area contributed by atoms with Crippen LogP contribution in [-0.4, -0.2) is 38.4 Å². The third-order valence-corrected chi connectivity index (χ3v) is 3.51. The van der Waals surface area contributed by atoms with Gasteiger partial charge in [0.25, 0.3) is 0 Å². The summed E-state index contributed by atoms with van der Waals surface area (Å²) in [4.78, 5) is 6.34. The lowest BCUT2D eigenvalue weighted by Gasteiger charge is -2.18. The third kappa shape index (κ3) is 5.28. The SMILES string of the molecule is COC(C#N)Cc1ccc(OCCN(C)c2ccccn2)cc1. The topological polar surface area (TPSA) is 58.4 Å². The fourth-order valence-corrected chi connectivity index (χ4v) is 2.11. The minimum atomic E-state index is -0.409. The molecule has 0 aliphatic heterocycles. The first-order chi connectivity index (χ1) is 11.2. The smallest absolute Gasteiger partial charge is 0.147 e. The van der Waals surface area contributed by atoms with Crippen molar-refractivity contribution in [3.05, 3.63) is 54.2 Å². The average Bonchev–Trinajstić information content (AvgIpc) is 2.61. The van der Waals surface area contributed by atoms with Gasteiger partial charge in [0.05, 0.1) is 12.6 Å². The van der Waals surface area contributed by atoms with Gasteiger partial charge in [-0.15, -0.1) is 0 Å². The molecule has 5 nitrogen and oxygen atoms in total. The van der Waals surface area contributed by atoms with Crippen molar-refractivity contribution < 1.29 is 9.47 Å². The van der Waals surface area contributed by atoms with Crippen molar-refractivity contribution in [3.63, 3.8) is 0 Å². The number of anilines is 1. The second-order valence-electron chi connectivity index (χ2n) is 5.16. The van der Waals surface area contributed by atoms with Crippen LogP contribution in [0.5, 0.6) is 5.75 Å². The molecular weight excluding hydrogens is 290 g/mol. The van der Waals surface area contributed by atoms with Crippen LogP contribution in [0.2, 0.25) is 0 Å². The van der Waals surface area contributed by atoms with Crippen LogP contribution in [-0.2, 0) is 11.2 Å². The first kappa shape index (κ1) is 16.8. The molecule has 120 valence electrons. The van der Waals surface area contributed by atoms with Gasteiger partial charge in [-0.25, -0.2) is 4.98 Å². The molecule has 0 radical (unpaired) electrons. The first-order valence-corrected chi connectivity index (χ1v) is 7.49. The molecule has 0 bridgehead atoms. The van der Waals surface area contributed by atoms with Crippen LogP contribution in [0.25, 0.3) is 0 Å². The van der Waals surface area contributed by atoms with Crippen molar-refractivity contribution in [3.8, 4) is 11.8 Å². The lowest BCUT2D eigenvalue weighted by Crippen LogP contribution is -2.24. The van der Waals surface area contributed by atoms with E-state index in [1.807, 2.05) is 54.4 Å². The highest BCUT2D eigenvalue weighted by Crippen LogP contribution is 2.14. The molecule has 2 rings (SSSR count). The van der Waals surface area contributed by atoms with Gasteiger partial charge in [0.15, 0.2) is 0 Å². The molecule has 0 spiro atoms. The Morgan fingerprint density at radius 3 is 2.61 bits per heavy atom. The van der Waals surface area contributed by atoms with Gasteiger partial charge >= 0.3 is 0 Å². The number of methoxy groups -OCH3 is 1. The predicted molar refractivity (Wildman–Crippen MR) is 89.6 cm³/mol. The van der Waals surface area contributed by atoms with Gasteiger partial charge < -0.3 is 14.4 Å². The summed E-state index contributed by atoms with van der Waals surface area (Å²) in [5, 5.41) is 8.89. The Kier molecular flexibility index (Phi) is 6.40. The zero-order valence-corrected chi connectivity index (χ0v) is 13.5. The van der Waals surface area contributed by atoms with Crippen LogP contribution in [0, 0.1) is 11.3 Å². The van der Waals surface area contributed by atoms with Crippen molar-refractivity contribution >= 4 is 5.82 Å². The molecule has 0 aliphatic rings. The second kappa shape index (κ2) is 8.76. The van der Waals surface area contributed by atoms with Crippen LogP contribution in [0.15, 0.2) is 48.7 Å². The van der Waals surface area contributed by atoms with Gasteiger partial charge in [0.2, 0.25) is 0 Å². The summed E-state index contributed by atoms with van der Waals surface area (Å²) in [5.74, 6) is 1.74. The number of nitrogens with zero attached hydrogens (tertiary/aromatic N) is 3. The van der Waals surface area contributed by atoms with Gasteiger partial charge in [-0.2, -0.15) is 5.26 Å². The zero-order chi connectivity index (χ0) is 16.5. The Hall–Kier alpha value is -2.58. The summed E-state index contributed by atoms with van der Waals surface area (Å²) in [5.41, 5.74) is 1.05. The first-order valence-electron chi connectivity index (χ1n) is 7.49. The normalized spacial score (nSPS) is 11.5. The molecule has 2 aromatic rings. The molecule has 0 amide bonds. The maximum atomic E-state index is 8.89. The fraction of sp³-hybridized carbons (Fsp3) is 0.333. The number of benzene rings is 1. The van der Waals surface area contributed by atoms with E-state index in [1.54, 1.807) is 13.3 Å². The molecule has 5 heteroatoms. The summed E-state index contributed by atoms with van der Waals surface area (Å²) < 4.78 is 10.8. The number of rotatable bonds is 8. The summed E-state index contributed by atoms with van der Waals surface area (Å²) in [6, 6.07) is 15.7. The number of nitriles is 1. The Bertz CT molecular complexity index is 623. The average molecular weight is 311 g/mol. The molecule has 1 atom stereocenters. The molecule has 0 N–H and O–H groups in total. The van der Waals surface area contributed by atoms with E-state index in [1.165, 1.54) is 0 Å². The largest absolute Gasteiger partial charge is 0.492 e.